The summed E-state index contributed by atoms with van der Waals surface area (Å²) in [6, 6.07) is 22.6. The summed E-state index contributed by atoms with van der Waals surface area (Å²) in [5.74, 6) is 6.51. The van der Waals surface area contributed by atoms with Gasteiger partial charge in [-0.3, -0.25) is 0 Å². The number of aromatic nitrogens is 3. The number of fused-ring (bicyclic) bond motifs is 2. The Morgan fingerprint density at radius 3 is 2.68 bits per heavy atom. The molecule has 0 bridgehead atoms. The summed E-state index contributed by atoms with van der Waals surface area (Å²) in [5, 5.41) is 10.8. The Morgan fingerprint density at radius 2 is 1.80 bits per heavy atom. The highest BCUT2D eigenvalue weighted by molar-refractivity contribution is 5.83. The lowest BCUT2D eigenvalue weighted by Crippen LogP contribution is -2.06. The van der Waals surface area contributed by atoms with Gasteiger partial charge in [0.2, 0.25) is 0 Å². The van der Waals surface area contributed by atoms with Crippen molar-refractivity contribution in [3.8, 4) is 11.8 Å². The average molecular weight is 325 g/mol. The Bertz CT molecular complexity index is 1150. The van der Waals surface area contributed by atoms with Gasteiger partial charge >= 0.3 is 0 Å². The SMILES string of the molecule is C(#CC1(c2ccc3ccccc3c2)CO1)Cn1nnc2ccccc21. The maximum absolute atomic E-state index is 5.72. The van der Waals surface area contributed by atoms with Gasteiger partial charge < -0.3 is 4.74 Å². The fourth-order valence-corrected chi connectivity index (χ4v) is 3.12. The molecule has 1 aromatic heterocycles. The zero-order chi connectivity index (χ0) is 16.7. The van der Waals surface area contributed by atoms with Crippen LogP contribution in [0.25, 0.3) is 21.8 Å². The summed E-state index contributed by atoms with van der Waals surface area (Å²) >= 11 is 0. The number of nitrogens with zero attached hydrogens (tertiary/aromatic N) is 3. The first-order valence-electron chi connectivity index (χ1n) is 8.26. The predicted octanol–water partition coefficient (Wildman–Crippen LogP) is 3.51. The summed E-state index contributed by atoms with van der Waals surface area (Å²) in [6.07, 6.45) is 0. The molecule has 0 aliphatic carbocycles. The van der Waals surface area contributed by atoms with Gasteiger partial charge in [0.15, 0.2) is 5.60 Å². The molecule has 25 heavy (non-hydrogen) atoms. The lowest BCUT2D eigenvalue weighted by Gasteiger charge is -2.06. The first kappa shape index (κ1) is 14.2. The van der Waals surface area contributed by atoms with Crippen LogP contribution in [0.15, 0.2) is 66.7 Å². The van der Waals surface area contributed by atoms with Crippen LogP contribution in [-0.2, 0) is 16.9 Å². The van der Waals surface area contributed by atoms with E-state index in [4.69, 9.17) is 4.74 Å². The smallest absolute Gasteiger partial charge is 0.177 e. The van der Waals surface area contributed by atoms with Crippen molar-refractivity contribution in [2.45, 2.75) is 12.1 Å². The second-order valence-electron chi connectivity index (χ2n) is 6.22. The zero-order valence-corrected chi connectivity index (χ0v) is 13.5. The largest absolute Gasteiger partial charge is 0.351 e. The summed E-state index contributed by atoms with van der Waals surface area (Å²) in [6.45, 7) is 1.13. The Morgan fingerprint density at radius 1 is 1.00 bits per heavy atom. The van der Waals surface area contributed by atoms with Crippen molar-refractivity contribution in [1.29, 1.82) is 0 Å². The first-order chi connectivity index (χ1) is 12.3. The van der Waals surface area contributed by atoms with E-state index in [1.165, 1.54) is 10.8 Å². The molecular formula is C21H15N3O. The molecule has 0 radical (unpaired) electrons. The van der Waals surface area contributed by atoms with Crippen LogP contribution >= 0.6 is 0 Å². The summed E-state index contributed by atoms with van der Waals surface area (Å²) in [4.78, 5) is 0. The van der Waals surface area contributed by atoms with E-state index in [0.717, 1.165) is 16.6 Å². The molecule has 1 unspecified atom stereocenters. The highest BCUT2D eigenvalue weighted by Gasteiger charge is 2.45. The molecule has 120 valence electrons. The number of para-hydroxylation sites is 1. The molecule has 0 spiro atoms. The summed E-state index contributed by atoms with van der Waals surface area (Å²) < 4.78 is 7.54. The van der Waals surface area contributed by atoms with Crippen molar-refractivity contribution in [3.05, 3.63) is 72.3 Å². The standard InChI is InChI=1S/C21H15N3O/c1-2-7-17-14-18(11-10-16(17)6-1)21(15-25-21)12-5-13-24-20-9-4-3-8-19(20)22-23-24/h1-4,6-11,14H,13,15H2. The van der Waals surface area contributed by atoms with Gasteiger partial charge in [0.25, 0.3) is 0 Å². The number of hydrogen-bond acceptors (Lipinski definition) is 3. The maximum atomic E-state index is 5.72. The predicted molar refractivity (Wildman–Crippen MR) is 96.9 cm³/mol. The Kier molecular flexibility index (Phi) is 3.09. The zero-order valence-electron chi connectivity index (χ0n) is 13.5. The maximum Gasteiger partial charge on any atom is 0.177 e. The van der Waals surface area contributed by atoms with Crippen LogP contribution in [0.2, 0.25) is 0 Å². The quantitative estimate of drug-likeness (QED) is 0.418. The highest BCUT2D eigenvalue weighted by atomic mass is 16.6. The molecule has 1 saturated heterocycles. The van der Waals surface area contributed by atoms with Crippen LogP contribution < -0.4 is 0 Å². The normalized spacial score (nSPS) is 18.9. The molecule has 5 rings (SSSR count). The van der Waals surface area contributed by atoms with Gasteiger partial charge in [-0.15, -0.1) is 5.10 Å². The minimum atomic E-state index is -0.472. The van der Waals surface area contributed by atoms with Gasteiger partial charge in [0.05, 0.1) is 12.1 Å². The van der Waals surface area contributed by atoms with Crippen molar-refractivity contribution >= 4 is 21.8 Å². The lowest BCUT2D eigenvalue weighted by atomic mass is 9.97. The van der Waals surface area contributed by atoms with Gasteiger partial charge in [-0.1, -0.05) is 65.6 Å². The molecule has 4 aromatic rings. The fraction of sp³-hybridized carbons (Fsp3) is 0.143. The second-order valence-corrected chi connectivity index (χ2v) is 6.22. The molecule has 4 heteroatoms. The van der Waals surface area contributed by atoms with Gasteiger partial charge in [0, 0.05) is 0 Å². The molecule has 1 aliphatic heterocycles. The van der Waals surface area contributed by atoms with Gasteiger partial charge in [-0.25, -0.2) is 4.68 Å². The van der Waals surface area contributed by atoms with E-state index in [-0.39, 0.29) is 0 Å². The summed E-state index contributed by atoms with van der Waals surface area (Å²) in [5.41, 5.74) is 2.52. The molecule has 3 aromatic carbocycles. The van der Waals surface area contributed by atoms with Crippen LogP contribution in [0.4, 0.5) is 0 Å². The van der Waals surface area contributed by atoms with Gasteiger partial charge in [-0.2, -0.15) is 0 Å². The third-order valence-electron chi connectivity index (χ3n) is 4.59. The van der Waals surface area contributed by atoms with Crippen LogP contribution in [-0.4, -0.2) is 21.6 Å². The van der Waals surface area contributed by atoms with E-state index in [0.29, 0.717) is 13.2 Å². The van der Waals surface area contributed by atoms with E-state index in [2.05, 4.69) is 52.5 Å². The highest BCUT2D eigenvalue weighted by Crippen LogP contribution is 2.39. The van der Waals surface area contributed by atoms with E-state index < -0.39 is 5.60 Å². The lowest BCUT2D eigenvalue weighted by molar-refractivity contribution is 0.366. The number of hydrogen-bond donors (Lipinski definition) is 0. The Labute approximate surface area is 145 Å². The van der Waals surface area contributed by atoms with Gasteiger partial charge in [-0.05, 0) is 34.5 Å². The molecule has 2 heterocycles. The van der Waals surface area contributed by atoms with Crippen molar-refractivity contribution in [2.24, 2.45) is 0 Å². The minimum absolute atomic E-state index is 0.472. The number of epoxide rings is 1. The van der Waals surface area contributed by atoms with Crippen LogP contribution in [0.3, 0.4) is 0 Å². The average Bonchev–Trinajstić information content (AvgIpc) is 3.35. The molecule has 1 fully saturated rings. The van der Waals surface area contributed by atoms with Crippen LogP contribution in [0.1, 0.15) is 5.56 Å². The molecule has 0 saturated carbocycles. The van der Waals surface area contributed by atoms with Crippen molar-refractivity contribution in [3.63, 3.8) is 0 Å². The number of benzene rings is 3. The molecule has 0 N–H and O–H groups in total. The van der Waals surface area contributed by atoms with Crippen LogP contribution in [0.5, 0.6) is 0 Å². The van der Waals surface area contributed by atoms with Gasteiger partial charge in [0.1, 0.15) is 12.1 Å². The Balaban J connectivity index is 1.44. The number of rotatable bonds is 2. The van der Waals surface area contributed by atoms with E-state index >= 15 is 0 Å². The van der Waals surface area contributed by atoms with Crippen molar-refractivity contribution in [2.75, 3.05) is 6.61 Å². The number of ether oxygens (including phenoxy) is 1. The fourth-order valence-electron chi connectivity index (χ4n) is 3.12. The molecule has 1 atom stereocenters. The summed E-state index contributed by atoms with van der Waals surface area (Å²) in [7, 11) is 0. The van der Waals surface area contributed by atoms with E-state index in [1.807, 2.05) is 41.1 Å². The van der Waals surface area contributed by atoms with Crippen LogP contribution in [0, 0.1) is 11.8 Å². The second kappa shape index (κ2) is 5.44. The molecule has 1 aliphatic rings. The Hall–Kier alpha value is -3.16. The third-order valence-corrected chi connectivity index (χ3v) is 4.59. The molecule has 4 nitrogen and oxygen atoms in total. The van der Waals surface area contributed by atoms with Crippen molar-refractivity contribution in [1.82, 2.24) is 15.0 Å². The molecular weight excluding hydrogens is 310 g/mol. The topological polar surface area (TPSA) is 43.2 Å². The first-order valence-corrected chi connectivity index (χ1v) is 8.26. The minimum Gasteiger partial charge on any atom is -0.351 e. The van der Waals surface area contributed by atoms with Crippen molar-refractivity contribution < 1.29 is 4.74 Å². The van der Waals surface area contributed by atoms with E-state index in [9.17, 15) is 0 Å². The molecule has 0 amide bonds. The third kappa shape index (κ3) is 2.46. The van der Waals surface area contributed by atoms with E-state index in [1.54, 1.807) is 0 Å². The monoisotopic (exact) mass is 325 g/mol.